The van der Waals surface area contributed by atoms with Crippen LogP contribution in [-0.4, -0.2) is 34.3 Å². The van der Waals surface area contributed by atoms with Gasteiger partial charge in [-0.3, -0.25) is 9.59 Å². The Morgan fingerprint density at radius 3 is 2.41 bits per heavy atom. The van der Waals surface area contributed by atoms with E-state index in [0.717, 1.165) is 42.5 Å². The maximum atomic E-state index is 13.2. The van der Waals surface area contributed by atoms with Crippen LogP contribution in [0, 0.1) is 24.7 Å². The molecular formula is C26H37N3O2S. The number of rotatable bonds is 7. The number of nitrogens with zero attached hydrogens (tertiary/aromatic N) is 2. The minimum absolute atomic E-state index is 0.0264. The van der Waals surface area contributed by atoms with Crippen LogP contribution in [0.3, 0.4) is 0 Å². The summed E-state index contributed by atoms with van der Waals surface area (Å²) in [6.45, 7) is 11.5. The minimum atomic E-state index is -0.323. The summed E-state index contributed by atoms with van der Waals surface area (Å²) in [7, 11) is 0. The molecule has 1 aromatic carbocycles. The molecule has 1 saturated heterocycles. The second kappa shape index (κ2) is 11.1. The highest BCUT2D eigenvalue weighted by Gasteiger charge is 2.43. The van der Waals surface area contributed by atoms with Gasteiger partial charge in [0.25, 0.3) is 0 Å². The summed E-state index contributed by atoms with van der Waals surface area (Å²) in [4.78, 5) is 33.4. The van der Waals surface area contributed by atoms with Gasteiger partial charge in [-0.25, -0.2) is 4.98 Å². The molecule has 4 rings (SSSR count). The molecule has 1 N–H and O–H groups in total. The van der Waals surface area contributed by atoms with E-state index in [4.69, 9.17) is 0 Å². The minimum Gasteiger partial charge on any atom is -0.350 e. The largest absolute Gasteiger partial charge is 0.350 e. The molecule has 1 saturated carbocycles. The Kier molecular flexibility index (Phi) is 8.46. The zero-order chi connectivity index (χ0) is 23.3. The van der Waals surface area contributed by atoms with E-state index in [1.165, 1.54) is 4.88 Å². The second-order valence-corrected chi connectivity index (χ2v) is 9.83. The van der Waals surface area contributed by atoms with Crippen molar-refractivity contribution >= 4 is 23.2 Å². The highest BCUT2D eigenvalue weighted by atomic mass is 32.1. The van der Waals surface area contributed by atoms with Crippen molar-refractivity contribution < 1.29 is 9.59 Å². The predicted molar refractivity (Wildman–Crippen MR) is 131 cm³/mol. The first-order valence-corrected chi connectivity index (χ1v) is 12.9. The average molecular weight is 456 g/mol. The molecule has 2 aromatic rings. The van der Waals surface area contributed by atoms with Gasteiger partial charge in [-0.1, -0.05) is 52.0 Å². The normalized spacial score (nSPS) is 18.8. The van der Waals surface area contributed by atoms with Gasteiger partial charge in [0.1, 0.15) is 6.04 Å². The van der Waals surface area contributed by atoms with Crippen LogP contribution in [0.15, 0.2) is 29.8 Å². The quantitative estimate of drug-likeness (QED) is 0.605. The van der Waals surface area contributed by atoms with Crippen molar-refractivity contribution in [2.45, 2.75) is 72.9 Å². The van der Waals surface area contributed by atoms with Crippen molar-refractivity contribution in [3.05, 3.63) is 41.0 Å². The molecule has 174 valence electrons. The molecule has 2 heterocycles. The van der Waals surface area contributed by atoms with Gasteiger partial charge in [-0.2, -0.15) is 0 Å². The Labute approximate surface area is 196 Å². The maximum absolute atomic E-state index is 13.2. The number of likely N-dealkylation sites (tertiary alicyclic amines) is 1. The summed E-state index contributed by atoms with van der Waals surface area (Å²) >= 11 is 1.64. The standard InChI is InChI=1S/C24H31N3O2S.C2H6/c1-15(2)21(18-10-11-18)24(29)27-12-4-5-20(27)23(28)25-13-17-6-8-19(9-7-17)22-16(3)26-14-30-22;1-2/h6-9,14-15,18,20-21H,4-5,10-13H2,1-3H3,(H,25,28);1-2H3. The predicted octanol–water partition coefficient (Wildman–Crippen LogP) is 5.43. The molecule has 1 aromatic heterocycles. The molecule has 2 fully saturated rings. The van der Waals surface area contributed by atoms with E-state index in [1.807, 2.05) is 43.3 Å². The van der Waals surface area contributed by atoms with Gasteiger partial charge < -0.3 is 10.2 Å². The third-order valence-corrected chi connectivity index (χ3v) is 7.38. The van der Waals surface area contributed by atoms with E-state index in [9.17, 15) is 9.59 Å². The van der Waals surface area contributed by atoms with Gasteiger partial charge in [0.2, 0.25) is 11.8 Å². The number of aromatic nitrogens is 1. The van der Waals surface area contributed by atoms with Gasteiger partial charge in [-0.15, -0.1) is 11.3 Å². The lowest BCUT2D eigenvalue weighted by atomic mass is 9.89. The van der Waals surface area contributed by atoms with E-state index in [-0.39, 0.29) is 23.8 Å². The van der Waals surface area contributed by atoms with Gasteiger partial charge in [-0.05, 0) is 55.6 Å². The average Bonchev–Trinajstić information content (AvgIpc) is 3.32. The number of hydrogen-bond acceptors (Lipinski definition) is 4. The van der Waals surface area contributed by atoms with Crippen molar-refractivity contribution in [1.82, 2.24) is 15.2 Å². The fourth-order valence-electron chi connectivity index (χ4n) is 4.64. The third kappa shape index (κ3) is 5.58. The highest BCUT2D eigenvalue weighted by molar-refractivity contribution is 7.13. The fourth-order valence-corrected chi connectivity index (χ4v) is 5.45. The van der Waals surface area contributed by atoms with Gasteiger partial charge in [0, 0.05) is 19.0 Å². The van der Waals surface area contributed by atoms with Crippen molar-refractivity contribution in [2.75, 3.05) is 6.54 Å². The van der Waals surface area contributed by atoms with E-state index in [0.29, 0.717) is 24.9 Å². The van der Waals surface area contributed by atoms with E-state index in [1.54, 1.807) is 11.3 Å². The Morgan fingerprint density at radius 1 is 1.16 bits per heavy atom. The lowest BCUT2D eigenvalue weighted by Crippen LogP contribution is -2.48. The molecule has 0 spiro atoms. The van der Waals surface area contributed by atoms with Gasteiger partial charge in [0.15, 0.2) is 0 Å². The molecule has 1 aliphatic heterocycles. The number of aryl methyl sites for hydroxylation is 1. The molecule has 0 bridgehead atoms. The Hall–Kier alpha value is -2.21. The Balaban J connectivity index is 0.00000141. The van der Waals surface area contributed by atoms with Crippen LogP contribution in [0.5, 0.6) is 0 Å². The molecule has 2 amide bonds. The Morgan fingerprint density at radius 2 is 1.84 bits per heavy atom. The second-order valence-electron chi connectivity index (χ2n) is 8.98. The number of carbonyl (C=O) groups is 2. The van der Waals surface area contributed by atoms with Crippen molar-refractivity contribution in [2.24, 2.45) is 17.8 Å². The number of amides is 2. The molecular weight excluding hydrogens is 418 g/mol. The van der Waals surface area contributed by atoms with E-state index in [2.05, 4.69) is 36.3 Å². The monoisotopic (exact) mass is 455 g/mol. The number of carbonyl (C=O) groups excluding carboxylic acids is 2. The molecule has 6 heteroatoms. The van der Waals surface area contributed by atoms with Crippen LogP contribution in [0.25, 0.3) is 10.4 Å². The maximum Gasteiger partial charge on any atom is 0.243 e. The lowest BCUT2D eigenvalue weighted by Gasteiger charge is -2.30. The van der Waals surface area contributed by atoms with Crippen LogP contribution in [0.2, 0.25) is 0 Å². The molecule has 0 radical (unpaired) electrons. The molecule has 2 unspecified atom stereocenters. The van der Waals surface area contributed by atoms with Crippen LogP contribution < -0.4 is 5.32 Å². The van der Waals surface area contributed by atoms with Crippen LogP contribution in [0.4, 0.5) is 0 Å². The van der Waals surface area contributed by atoms with Crippen molar-refractivity contribution in [3.8, 4) is 10.4 Å². The summed E-state index contributed by atoms with van der Waals surface area (Å²) in [5.74, 6) is 1.08. The number of hydrogen-bond donors (Lipinski definition) is 1. The van der Waals surface area contributed by atoms with E-state index >= 15 is 0 Å². The number of benzene rings is 1. The number of thiazole rings is 1. The summed E-state index contributed by atoms with van der Waals surface area (Å²) < 4.78 is 0. The Bertz CT molecular complexity index is 900. The van der Waals surface area contributed by atoms with Crippen molar-refractivity contribution in [3.63, 3.8) is 0 Å². The van der Waals surface area contributed by atoms with Crippen LogP contribution >= 0.6 is 11.3 Å². The number of nitrogens with one attached hydrogen (secondary N) is 1. The third-order valence-electron chi connectivity index (χ3n) is 6.40. The lowest BCUT2D eigenvalue weighted by molar-refractivity contribution is -0.143. The molecule has 2 atom stereocenters. The first-order valence-electron chi connectivity index (χ1n) is 12.0. The molecule has 2 aliphatic rings. The summed E-state index contributed by atoms with van der Waals surface area (Å²) in [6, 6.07) is 7.94. The molecule has 32 heavy (non-hydrogen) atoms. The van der Waals surface area contributed by atoms with Gasteiger partial charge in [0.05, 0.1) is 16.1 Å². The molecule has 1 aliphatic carbocycles. The van der Waals surface area contributed by atoms with Crippen LogP contribution in [-0.2, 0) is 16.1 Å². The first kappa shape index (κ1) is 24.4. The summed E-state index contributed by atoms with van der Waals surface area (Å²) in [5, 5.41) is 3.06. The fraction of sp³-hybridized carbons (Fsp3) is 0.577. The van der Waals surface area contributed by atoms with Crippen molar-refractivity contribution in [1.29, 1.82) is 0 Å². The highest BCUT2D eigenvalue weighted by Crippen LogP contribution is 2.42. The smallest absolute Gasteiger partial charge is 0.243 e. The van der Waals surface area contributed by atoms with E-state index < -0.39 is 0 Å². The zero-order valence-electron chi connectivity index (χ0n) is 20.1. The molecule has 5 nitrogen and oxygen atoms in total. The zero-order valence-corrected chi connectivity index (χ0v) is 20.9. The van der Waals surface area contributed by atoms with Crippen LogP contribution in [0.1, 0.15) is 64.6 Å². The topological polar surface area (TPSA) is 62.3 Å². The first-order chi connectivity index (χ1) is 15.5. The SMILES string of the molecule is CC.Cc1ncsc1-c1ccc(CNC(=O)C2CCCN2C(=O)C(C(C)C)C2CC2)cc1. The summed E-state index contributed by atoms with van der Waals surface area (Å²) in [5.41, 5.74) is 5.11. The van der Waals surface area contributed by atoms with Gasteiger partial charge >= 0.3 is 0 Å². The summed E-state index contributed by atoms with van der Waals surface area (Å²) in [6.07, 6.45) is 3.96.